The summed E-state index contributed by atoms with van der Waals surface area (Å²) in [5.74, 6) is 1.49. The van der Waals surface area contributed by atoms with Crippen LogP contribution in [0.3, 0.4) is 0 Å². The lowest BCUT2D eigenvalue weighted by Gasteiger charge is -2.38. The normalized spacial score (nSPS) is 24.1. The number of aromatic nitrogens is 1. The van der Waals surface area contributed by atoms with Gasteiger partial charge in [0.25, 0.3) is 0 Å². The lowest BCUT2D eigenvalue weighted by atomic mass is 9.94. The van der Waals surface area contributed by atoms with Crippen molar-refractivity contribution in [2.24, 2.45) is 11.8 Å². The van der Waals surface area contributed by atoms with E-state index in [1.807, 2.05) is 30.2 Å². The van der Waals surface area contributed by atoms with Gasteiger partial charge in [-0.3, -0.25) is 4.98 Å². The van der Waals surface area contributed by atoms with Gasteiger partial charge < -0.3 is 15.1 Å². The topological polar surface area (TPSA) is 48.5 Å². The van der Waals surface area contributed by atoms with Crippen molar-refractivity contribution in [3.05, 3.63) is 30.1 Å². The van der Waals surface area contributed by atoms with Crippen molar-refractivity contribution < 1.29 is 4.79 Å². The van der Waals surface area contributed by atoms with Gasteiger partial charge in [-0.1, -0.05) is 13.0 Å². The molecule has 2 fully saturated rings. The number of carbonyl (C=O) groups excluding carboxylic acids is 1. The van der Waals surface area contributed by atoms with E-state index < -0.39 is 0 Å². The number of piperidine rings is 2. The molecule has 5 nitrogen and oxygen atoms in total. The molecule has 3 heterocycles. The third-order valence-corrected chi connectivity index (χ3v) is 5.72. The van der Waals surface area contributed by atoms with E-state index in [0.717, 1.165) is 37.5 Å². The number of rotatable bonds is 4. The van der Waals surface area contributed by atoms with E-state index in [-0.39, 0.29) is 12.1 Å². The highest BCUT2D eigenvalue weighted by atomic mass is 16.2. The maximum atomic E-state index is 12.6. The molecule has 2 amide bonds. The molecule has 0 bridgehead atoms. The molecule has 1 aromatic heterocycles. The Morgan fingerprint density at radius 2 is 2.12 bits per heavy atom. The Bertz CT molecular complexity index is 542. The minimum atomic E-state index is -0.00911. The average molecular weight is 345 g/mol. The summed E-state index contributed by atoms with van der Waals surface area (Å²) in [4.78, 5) is 21.4. The summed E-state index contributed by atoms with van der Waals surface area (Å²) in [6.07, 6.45) is 8.58. The van der Waals surface area contributed by atoms with Gasteiger partial charge in [-0.05, 0) is 69.2 Å². The van der Waals surface area contributed by atoms with Crippen LogP contribution in [0.1, 0.15) is 51.1 Å². The summed E-state index contributed by atoms with van der Waals surface area (Å²) in [7, 11) is 0. The molecule has 2 saturated heterocycles. The first-order valence-electron chi connectivity index (χ1n) is 9.79. The molecule has 25 heavy (non-hydrogen) atoms. The molecule has 2 aliphatic rings. The average Bonchev–Trinajstić information content (AvgIpc) is 2.64. The number of pyridine rings is 1. The second-order valence-corrected chi connectivity index (χ2v) is 7.89. The third-order valence-electron chi connectivity index (χ3n) is 5.72. The van der Waals surface area contributed by atoms with Crippen molar-refractivity contribution >= 4 is 6.03 Å². The van der Waals surface area contributed by atoms with E-state index in [4.69, 9.17) is 0 Å². The molecule has 2 aliphatic heterocycles. The van der Waals surface area contributed by atoms with Crippen LogP contribution in [0.25, 0.3) is 0 Å². The molecular formula is C20H32N4O. The Balaban J connectivity index is 1.48. The quantitative estimate of drug-likeness (QED) is 0.912. The first-order chi connectivity index (χ1) is 12.1. The van der Waals surface area contributed by atoms with Crippen LogP contribution in [0.5, 0.6) is 0 Å². The molecule has 0 spiro atoms. The first-order valence-corrected chi connectivity index (χ1v) is 9.79. The fourth-order valence-corrected chi connectivity index (χ4v) is 4.00. The number of carbonyl (C=O) groups is 1. The van der Waals surface area contributed by atoms with Crippen LogP contribution in [-0.4, -0.2) is 53.5 Å². The lowest BCUT2D eigenvalue weighted by Crippen LogP contribution is -2.48. The van der Waals surface area contributed by atoms with Crippen molar-refractivity contribution in [2.75, 3.05) is 32.7 Å². The summed E-state index contributed by atoms with van der Waals surface area (Å²) in [5, 5.41) is 3.13. The fourth-order valence-electron chi connectivity index (χ4n) is 4.00. The Morgan fingerprint density at radius 3 is 2.84 bits per heavy atom. The number of hydrogen-bond donors (Lipinski definition) is 1. The van der Waals surface area contributed by atoms with Crippen LogP contribution >= 0.6 is 0 Å². The summed E-state index contributed by atoms with van der Waals surface area (Å²) in [6, 6.07) is 3.97. The van der Waals surface area contributed by atoms with Crippen LogP contribution in [-0.2, 0) is 0 Å². The lowest BCUT2D eigenvalue weighted by molar-refractivity contribution is 0.119. The van der Waals surface area contributed by atoms with E-state index in [9.17, 15) is 4.79 Å². The Labute approximate surface area is 151 Å². The van der Waals surface area contributed by atoms with Gasteiger partial charge in [0.15, 0.2) is 0 Å². The standard InChI is InChI=1S/C20H32N4O/c1-16-7-11-23(12-8-16)14-18-5-4-10-24(15-18)20(25)22-17(2)19-6-3-9-21-13-19/h3,6,9,13,16-18H,4-5,7-8,10-12,14-15H2,1-2H3,(H,22,25)/t17-,18-/m1/s1. The maximum absolute atomic E-state index is 12.6. The highest BCUT2D eigenvalue weighted by Gasteiger charge is 2.27. The number of nitrogens with one attached hydrogen (secondary N) is 1. The predicted molar refractivity (Wildman–Crippen MR) is 100 cm³/mol. The molecule has 3 rings (SSSR count). The third kappa shape index (κ3) is 5.18. The van der Waals surface area contributed by atoms with Crippen molar-refractivity contribution in [1.82, 2.24) is 20.1 Å². The minimum absolute atomic E-state index is 0.00911. The predicted octanol–water partition coefficient (Wildman–Crippen LogP) is 3.30. The summed E-state index contributed by atoms with van der Waals surface area (Å²) >= 11 is 0. The van der Waals surface area contributed by atoms with E-state index in [1.165, 1.54) is 32.4 Å². The Kier molecular flexibility index (Phi) is 6.29. The van der Waals surface area contributed by atoms with Gasteiger partial charge in [0.05, 0.1) is 6.04 Å². The zero-order valence-corrected chi connectivity index (χ0v) is 15.7. The SMILES string of the molecule is CC1CCN(C[C@H]2CCCN(C(=O)N[C@H](C)c3cccnc3)C2)CC1. The Morgan fingerprint density at radius 1 is 1.32 bits per heavy atom. The van der Waals surface area contributed by atoms with Crippen molar-refractivity contribution in [3.63, 3.8) is 0 Å². The van der Waals surface area contributed by atoms with Gasteiger partial charge in [0, 0.05) is 32.0 Å². The van der Waals surface area contributed by atoms with Crippen molar-refractivity contribution in [1.29, 1.82) is 0 Å². The zero-order valence-electron chi connectivity index (χ0n) is 15.7. The van der Waals surface area contributed by atoms with Crippen LogP contribution in [0, 0.1) is 11.8 Å². The second-order valence-electron chi connectivity index (χ2n) is 7.89. The monoisotopic (exact) mass is 344 g/mol. The smallest absolute Gasteiger partial charge is 0.317 e. The summed E-state index contributed by atoms with van der Waals surface area (Å²) in [5.41, 5.74) is 1.05. The molecule has 0 radical (unpaired) electrons. The number of urea groups is 1. The molecule has 2 atom stereocenters. The van der Waals surface area contributed by atoms with Crippen molar-refractivity contribution in [2.45, 2.75) is 45.6 Å². The van der Waals surface area contributed by atoms with Crippen LogP contribution in [0.15, 0.2) is 24.5 Å². The van der Waals surface area contributed by atoms with Crippen LogP contribution < -0.4 is 5.32 Å². The molecule has 1 N–H and O–H groups in total. The minimum Gasteiger partial charge on any atom is -0.331 e. The van der Waals surface area contributed by atoms with E-state index in [0.29, 0.717) is 5.92 Å². The fraction of sp³-hybridized carbons (Fsp3) is 0.700. The number of amides is 2. The molecule has 1 aromatic rings. The molecule has 0 unspecified atom stereocenters. The largest absolute Gasteiger partial charge is 0.331 e. The van der Waals surface area contributed by atoms with Gasteiger partial charge in [0.1, 0.15) is 0 Å². The molecule has 0 aromatic carbocycles. The maximum Gasteiger partial charge on any atom is 0.317 e. The molecule has 0 aliphatic carbocycles. The summed E-state index contributed by atoms with van der Waals surface area (Å²) < 4.78 is 0. The second kappa shape index (κ2) is 8.65. The molecule has 5 heteroatoms. The number of likely N-dealkylation sites (tertiary alicyclic amines) is 2. The highest BCUT2D eigenvalue weighted by molar-refractivity contribution is 5.74. The number of nitrogens with zero attached hydrogens (tertiary/aromatic N) is 3. The Hall–Kier alpha value is -1.62. The van der Waals surface area contributed by atoms with Crippen molar-refractivity contribution in [3.8, 4) is 0 Å². The summed E-state index contributed by atoms with van der Waals surface area (Å²) in [6.45, 7) is 9.73. The molecule has 0 saturated carbocycles. The number of hydrogen-bond acceptors (Lipinski definition) is 3. The highest BCUT2D eigenvalue weighted by Crippen LogP contribution is 2.22. The zero-order chi connectivity index (χ0) is 17.6. The van der Waals surface area contributed by atoms with Gasteiger partial charge in [0.2, 0.25) is 0 Å². The molecular weight excluding hydrogens is 312 g/mol. The van der Waals surface area contributed by atoms with E-state index >= 15 is 0 Å². The van der Waals surface area contributed by atoms with Gasteiger partial charge in [-0.2, -0.15) is 0 Å². The first kappa shape index (κ1) is 18.2. The van der Waals surface area contributed by atoms with Gasteiger partial charge in [-0.15, -0.1) is 0 Å². The van der Waals surface area contributed by atoms with E-state index in [2.05, 4.69) is 22.1 Å². The van der Waals surface area contributed by atoms with E-state index in [1.54, 1.807) is 6.20 Å². The van der Waals surface area contributed by atoms with Crippen LogP contribution in [0.2, 0.25) is 0 Å². The van der Waals surface area contributed by atoms with Gasteiger partial charge >= 0.3 is 6.03 Å². The van der Waals surface area contributed by atoms with Gasteiger partial charge in [-0.25, -0.2) is 4.79 Å². The molecule has 138 valence electrons. The van der Waals surface area contributed by atoms with Crippen LogP contribution in [0.4, 0.5) is 4.79 Å².